The molecule has 290 valence electrons. The fourth-order valence-electron chi connectivity index (χ4n) is 10.6. The average molecular weight is 781 g/mol. The SMILES string of the molecule is Cc1cccc(-n2c3ccc(C)cc3c3cc(-c4ccc5c(c4)C4(C)C=CC=CC4N5c4ccc(-c5c6ccccc6c(-c6ccccc6)c6ccccc56)cc4)ccc32)c1. The van der Waals surface area contributed by atoms with Gasteiger partial charge in [0.2, 0.25) is 0 Å². The highest BCUT2D eigenvalue weighted by atomic mass is 15.2. The van der Waals surface area contributed by atoms with Crippen molar-refractivity contribution in [3.63, 3.8) is 0 Å². The van der Waals surface area contributed by atoms with Crippen LogP contribution in [0.25, 0.3) is 82.4 Å². The van der Waals surface area contributed by atoms with Crippen molar-refractivity contribution in [2.45, 2.75) is 32.2 Å². The van der Waals surface area contributed by atoms with Crippen LogP contribution in [0.2, 0.25) is 0 Å². The first-order valence-electron chi connectivity index (χ1n) is 21.5. The lowest BCUT2D eigenvalue weighted by Gasteiger charge is -2.34. The van der Waals surface area contributed by atoms with Gasteiger partial charge in [-0.2, -0.15) is 0 Å². The van der Waals surface area contributed by atoms with E-state index in [1.54, 1.807) is 0 Å². The molecular formula is C59H44N2. The number of fused-ring (bicyclic) bond motifs is 8. The largest absolute Gasteiger partial charge is 0.333 e. The molecule has 0 amide bonds. The van der Waals surface area contributed by atoms with Crippen LogP contribution in [0.5, 0.6) is 0 Å². The molecule has 1 aromatic heterocycles. The van der Waals surface area contributed by atoms with Gasteiger partial charge in [0.25, 0.3) is 0 Å². The van der Waals surface area contributed by atoms with Crippen molar-refractivity contribution in [2.24, 2.45) is 0 Å². The van der Waals surface area contributed by atoms with Crippen LogP contribution in [0.15, 0.2) is 206 Å². The van der Waals surface area contributed by atoms with Gasteiger partial charge in [-0.3, -0.25) is 0 Å². The zero-order valence-electron chi connectivity index (χ0n) is 34.6. The highest BCUT2D eigenvalue weighted by molar-refractivity contribution is 6.21. The van der Waals surface area contributed by atoms with E-state index in [0.717, 1.165) is 0 Å². The van der Waals surface area contributed by atoms with E-state index in [-0.39, 0.29) is 11.5 Å². The van der Waals surface area contributed by atoms with E-state index in [2.05, 4.69) is 237 Å². The number of rotatable bonds is 5. The van der Waals surface area contributed by atoms with Crippen LogP contribution >= 0.6 is 0 Å². The Morgan fingerprint density at radius 1 is 0.426 bits per heavy atom. The molecule has 0 bridgehead atoms. The third-order valence-electron chi connectivity index (χ3n) is 13.5. The molecule has 12 rings (SSSR count). The minimum atomic E-state index is -0.194. The third-order valence-corrected chi connectivity index (χ3v) is 13.5. The fraction of sp³-hybridized carbons (Fsp3) is 0.0847. The van der Waals surface area contributed by atoms with E-state index < -0.39 is 0 Å². The Bertz CT molecular complexity index is 3400. The molecule has 0 fully saturated rings. The first-order chi connectivity index (χ1) is 29.9. The maximum atomic E-state index is 2.55. The Hall–Kier alpha value is -7.42. The second kappa shape index (κ2) is 13.6. The molecule has 0 radical (unpaired) electrons. The van der Waals surface area contributed by atoms with Gasteiger partial charge >= 0.3 is 0 Å². The Labute approximate surface area is 357 Å². The summed E-state index contributed by atoms with van der Waals surface area (Å²) in [6.07, 6.45) is 9.23. The summed E-state index contributed by atoms with van der Waals surface area (Å²) in [5, 5.41) is 7.66. The van der Waals surface area contributed by atoms with Crippen molar-refractivity contribution in [3.05, 3.63) is 223 Å². The molecule has 10 aromatic rings. The number of aryl methyl sites for hydroxylation is 2. The summed E-state index contributed by atoms with van der Waals surface area (Å²) in [4.78, 5) is 2.55. The highest BCUT2D eigenvalue weighted by Crippen LogP contribution is 2.53. The van der Waals surface area contributed by atoms with Gasteiger partial charge in [-0.15, -0.1) is 0 Å². The maximum Gasteiger partial charge on any atom is 0.0655 e. The minimum Gasteiger partial charge on any atom is -0.333 e. The van der Waals surface area contributed by atoms with Crippen LogP contribution < -0.4 is 4.90 Å². The number of aromatic nitrogens is 1. The number of hydrogen-bond acceptors (Lipinski definition) is 1. The molecule has 0 saturated heterocycles. The van der Waals surface area contributed by atoms with E-state index in [1.807, 2.05) is 0 Å². The molecule has 0 spiro atoms. The summed E-state index contributed by atoms with van der Waals surface area (Å²) >= 11 is 0. The second-order valence-electron chi connectivity index (χ2n) is 17.3. The Morgan fingerprint density at radius 2 is 1.00 bits per heavy atom. The van der Waals surface area contributed by atoms with Gasteiger partial charge in [-0.1, -0.05) is 151 Å². The predicted octanol–water partition coefficient (Wildman–Crippen LogP) is 15.6. The summed E-state index contributed by atoms with van der Waals surface area (Å²) in [5.74, 6) is 0. The van der Waals surface area contributed by atoms with Crippen molar-refractivity contribution in [1.29, 1.82) is 0 Å². The lowest BCUT2D eigenvalue weighted by atomic mass is 9.75. The standard InChI is InChI=1S/C59H44N2/c1-38-14-13-17-45(34-38)60-53-30-23-39(2)35-50(53)51-36-42(26-31-54(51)60)43-27-32-55-52(37-43)59(3)33-12-11-22-56(59)61(55)44-28-24-41(25-29-44)58-48-20-9-7-18-46(48)57(40-15-5-4-6-16-40)47-19-8-10-21-49(47)58/h4-37,56H,1-3H3. The lowest BCUT2D eigenvalue weighted by Crippen LogP contribution is -2.39. The van der Waals surface area contributed by atoms with E-state index in [4.69, 9.17) is 0 Å². The smallest absolute Gasteiger partial charge is 0.0655 e. The molecule has 2 atom stereocenters. The molecule has 61 heavy (non-hydrogen) atoms. The molecule has 1 aliphatic carbocycles. The first-order valence-corrected chi connectivity index (χ1v) is 21.5. The van der Waals surface area contributed by atoms with Gasteiger partial charge in [0.15, 0.2) is 0 Å². The topological polar surface area (TPSA) is 8.17 Å². The third kappa shape index (κ3) is 5.42. The van der Waals surface area contributed by atoms with E-state index in [1.165, 1.54) is 110 Å². The van der Waals surface area contributed by atoms with Crippen LogP contribution in [0.4, 0.5) is 11.4 Å². The summed E-state index contributed by atoms with van der Waals surface area (Å²) < 4.78 is 2.42. The molecule has 2 unspecified atom stereocenters. The molecule has 0 N–H and O–H groups in total. The summed E-state index contributed by atoms with van der Waals surface area (Å²) in [6.45, 7) is 6.76. The molecular weight excluding hydrogens is 737 g/mol. The van der Waals surface area contributed by atoms with Crippen LogP contribution in [0.3, 0.4) is 0 Å². The van der Waals surface area contributed by atoms with Crippen LogP contribution in [0.1, 0.15) is 23.6 Å². The zero-order chi connectivity index (χ0) is 40.8. The van der Waals surface area contributed by atoms with Gasteiger partial charge < -0.3 is 9.47 Å². The van der Waals surface area contributed by atoms with Crippen molar-refractivity contribution in [2.75, 3.05) is 4.90 Å². The average Bonchev–Trinajstić information content (AvgIpc) is 3.76. The monoisotopic (exact) mass is 780 g/mol. The molecule has 2 heteroatoms. The van der Waals surface area contributed by atoms with Crippen LogP contribution in [-0.4, -0.2) is 10.6 Å². The molecule has 9 aromatic carbocycles. The van der Waals surface area contributed by atoms with Crippen LogP contribution in [-0.2, 0) is 5.41 Å². The predicted molar refractivity (Wildman–Crippen MR) is 260 cm³/mol. The normalized spacial score (nSPS) is 16.8. The van der Waals surface area contributed by atoms with E-state index >= 15 is 0 Å². The number of benzene rings is 9. The number of allylic oxidation sites excluding steroid dienone is 2. The molecule has 2 aliphatic rings. The quantitative estimate of drug-likeness (QED) is 0.158. The first kappa shape index (κ1) is 35.5. The highest BCUT2D eigenvalue weighted by Gasteiger charge is 2.46. The number of anilines is 2. The fourth-order valence-corrected chi connectivity index (χ4v) is 10.6. The summed E-state index contributed by atoms with van der Waals surface area (Å²) in [7, 11) is 0. The van der Waals surface area contributed by atoms with Gasteiger partial charge in [-0.05, 0) is 147 Å². The van der Waals surface area contributed by atoms with Gasteiger partial charge in [0, 0.05) is 33.2 Å². The van der Waals surface area contributed by atoms with Crippen LogP contribution in [0, 0.1) is 13.8 Å². The number of hydrogen-bond donors (Lipinski definition) is 0. The Kier molecular flexibility index (Phi) is 7.89. The van der Waals surface area contributed by atoms with Gasteiger partial charge in [0.1, 0.15) is 0 Å². The van der Waals surface area contributed by atoms with Crippen molar-refractivity contribution in [1.82, 2.24) is 4.57 Å². The van der Waals surface area contributed by atoms with Gasteiger partial charge in [-0.25, -0.2) is 0 Å². The molecule has 2 heterocycles. The van der Waals surface area contributed by atoms with Crippen molar-refractivity contribution < 1.29 is 0 Å². The lowest BCUT2D eigenvalue weighted by molar-refractivity contribution is 0.551. The van der Waals surface area contributed by atoms with Gasteiger partial charge in [0.05, 0.1) is 17.1 Å². The summed E-state index contributed by atoms with van der Waals surface area (Å²) in [6, 6.07) is 68.0. The summed E-state index contributed by atoms with van der Waals surface area (Å²) in [5.41, 5.74) is 17.3. The molecule has 0 saturated carbocycles. The van der Waals surface area contributed by atoms with E-state index in [0.29, 0.717) is 0 Å². The Balaban J connectivity index is 0.967. The van der Waals surface area contributed by atoms with E-state index in [9.17, 15) is 0 Å². The molecule has 2 nitrogen and oxygen atoms in total. The van der Waals surface area contributed by atoms with Crippen molar-refractivity contribution >= 4 is 54.7 Å². The minimum absolute atomic E-state index is 0.151. The number of nitrogens with zero attached hydrogens (tertiary/aromatic N) is 2. The molecule has 1 aliphatic heterocycles. The van der Waals surface area contributed by atoms with Crippen molar-refractivity contribution in [3.8, 4) is 39.1 Å². The second-order valence-corrected chi connectivity index (χ2v) is 17.3. The maximum absolute atomic E-state index is 2.55. The Morgan fingerprint density at radius 3 is 1.69 bits per heavy atom. The zero-order valence-corrected chi connectivity index (χ0v) is 34.6.